The summed E-state index contributed by atoms with van der Waals surface area (Å²) < 4.78 is 8.37. The van der Waals surface area contributed by atoms with Crippen LogP contribution in [0, 0.1) is 5.92 Å². The van der Waals surface area contributed by atoms with Crippen LogP contribution in [0.1, 0.15) is 36.7 Å². The Kier molecular flexibility index (Phi) is 5.66. The van der Waals surface area contributed by atoms with Crippen molar-refractivity contribution in [2.24, 2.45) is 5.92 Å². The van der Waals surface area contributed by atoms with E-state index in [9.17, 15) is 4.79 Å². The predicted molar refractivity (Wildman–Crippen MR) is 82.9 cm³/mol. The van der Waals surface area contributed by atoms with E-state index in [0.29, 0.717) is 5.92 Å². The van der Waals surface area contributed by atoms with Crippen molar-refractivity contribution in [2.75, 3.05) is 26.8 Å². The third-order valence-electron chi connectivity index (χ3n) is 3.77. The number of carbonyl (C=O) groups is 1. The van der Waals surface area contributed by atoms with Crippen molar-refractivity contribution in [3.63, 3.8) is 0 Å². The molecule has 5 heteroatoms. The smallest absolute Gasteiger partial charge is 0.270 e. The van der Waals surface area contributed by atoms with Crippen LogP contribution >= 0.6 is 15.9 Å². The summed E-state index contributed by atoms with van der Waals surface area (Å²) in [4.78, 5) is 14.4. The van der Waals surface area contributed by atoms with Gasteiger partial charge in [-0.1, -0.05) is 6.92 Å². The molecule has 1 fully saturated rings. The minimum absolute atomic E-state index is 0.107. The number of halogens is 1. The second-order valence-corrected chi connectivity index (χ2v) is 6.39. The first-order chi connectivity index (χ1) is 9.61. The Bertz CT molecular complexity index is 453. The number of hydrogen-bond donors (Lipinski definition) is 0. The number of aryl methyl sites for hydroxylation is 1. The summed E-state index contributed by atoms with van der Waals surface area (Å²) in [5.74, 6) is 0.673. The Morgan fingerprint density at radius 3 is 2.85 bits per heavy atom. The molecular formula is C15H23BrN2O2. The maximum absolute atomic E-state index is 12.6. The molecule has 4 nitrogen and oxygen atoms in total. The van der Waals surface area contributed by atoms with Gasteiger partial charge in [0.2, 0.25) is 0 Å². The van der Waals surface area contributed by atoms with Crippen LogP contribution in [-0.4, -0.2) is 42.2 Å². The highest BCUT2D eigenvalue weighted by Gasteiger charge is 2.21. The Labute approximate surface area is 129 Å². The second-order valence-electron chi connectivity index (χ2n) is 5.48. The van der Waals surface area contributed by atoms with Gasteiger partial charge in [0.05, 0.1) is 0 Å². The SMILES string of the molecule is CCCn1cc(Br)cc1C(=O)N(C)CC1CCOCC1. The van der Waals surface area contributed by atoms with E-state index in [2.05, 4.69) is 22.9 Å². The highest BCUT2D eigenvalue weighted by Crippen LogP contribution is 2.19. The third kappa shape index (κ3) is 3.85. The van der Waals surface area contributed by atoms with Crippen molar-refractivity contribution < 1.29 is 9.53 Å². The molecule has 1 saturated heterocycles. The van der Waals surface area contributed by atoms with Gasteiger partial charge in [0.15, 0.2) is 0 Å². The van der Waals surface area contributed by atoms with E-state index in [-0.39, 0.29) is 5.91 Å². The Balaban J connectivity index is 2.01. The lowest BCUT2D eigenvalue weighted by molar-refractivity contribution is 0.0493. The van der Waals surface area contributed by atoms with Crippen LogP contribution in [-0.2, 0) is 11.3 Å². The van der Waals surface area contributed by atoms with E-state index in [0.717, 1.165) is 55.7 Å². The third-order valence-corrected chi connectivity index (χ3v) is 4.20. The topological polar surface area (TPSA) is 34.5 Å². The molecule has 0 aromatic carbocycles. The molecule has 0 radical (unpaired) electrons. The quantitative estimate of drug-likeness (QED) is 0.823. The van der Waals surface area contributed by atoms with Gasteiger partial charge in [-0.05, 0) is 47.2 Å². The summed E-state index contributed by atoms with van der Waals surface area (Å²) in [6.07, 6.45) is 5.11. The van der Waals surface area contributed by atoms with Crippen molar-refractivity contribution in [2.45, 2.75) is 32.7 Å². The van der Waals surface area contributed by atoms with Gasteiger partial charge in [0, 0.05) is 44.0 Å². The predicted octanol–water partition coefficient (Wildman–Crippen LogP) is 3.16. The lowest BCUT2D eigenvalue weighted by Crippen LogP contribution is -2.35. The molecule has 1 aromatic rings. The molecule has 0 N–H and O–H groups in total. The summed E-state index contributed by atoms with van der Waals surface area (Å²) >= 11 is 3.46. The van der Waals surface area contributed by atoms with Crippen molar-refractivity contribution in [3.8, 4) is 0 Å². The molecule has 1 aliphatic heterocycles. The standard InChI is InChI=1S/C15H23BrN2O2/c1-3-6-18-11-13(16)9-14(18)15(19)17(2)10-12-4-7-20-8-5-12/h9,11-12H,3-8,10H2,1-2H3. The Hall–Kier alpha value is -0.810. The molecule has 0 aliphatic carbocycles. The van der Waals surface area contributed by atoms with Crippen LogP contribution in [0.5, 0.6) is 0 Å². The van der Waals surface area contributed by atoms with Crippen molar-refractivity contribution >= 4 is 21.8 Å². The lowest BCUT2D eigenvalue weighted by Gasteiger charge is -2.27. The molecule has 20 heavy (non-hydrogen) atoms. The van der Waals surface area contributed by atoms with E-state index in [1.54, 1.807) is 0 Å². The number of aromatic nitrogens is 1. The normalized spacial score (nSPS) is 16.4. The zero-order valence-corrected chi connectivity index (χ0v) is 13.9. The van der Waals surface area contributed by atoms with Gasteiger partial charge >= 0.3 is 0 Å². The van der Waals surface area contributed by atoms with Crippen molar-refractivity contribution in [3.05, 3.63) is 22.4 Å². The number of amides is 1. The molecular weight excluding hydrogens is 320 g/mol. The van der Waals surface area contributed by atoms with E-state index in [4.69, 9.17) is 4.74 Å². The highest BCUT2D eigenvalue weighted by molar-refractivity contribution is 9.10. The zero-order valence-electron chi connectivity index (χ0n) is 12.3. The maximum atomic E-state index is 12.6. The lowest BCUT2D eigenvalue weighted by atomic mass is 10.00. The molecule has 1 aromatic heterocycles. The van der Waals surface area contributed by atoms with E-state index >= 15 is 0 Å². The monoisotopic (exact) mass is 342 g/mol. The highest BCUT2D eigenvalue weighted by atomic mass is 79.9. The van der Waals surface area contributed by atoms with Gasteiger partial charge in [-0.25, -0.2) is 0 Å². The molecule has 0 atom stereocenters. The van der Waals surface area contributed by atoms with Crippen LogP contribution < -0.4 is 0 Å². The number of hydrogen-bond acceptors (Lipinski definition) is 2. The number of carbonyl (C=O) groups excluding carboxylic acids is 1. The zero-order chi connectivity index (χ0) is 14.5. The van der Waals surface area contributed by atoms with Crippen molar-refractivity contribution in [1.82, 2.24) is 9.47 Å². The fourth-order valence-corrected chi connectivity index (χ4v) is 3.14. The summed E-state index contributed by atoms with van der Waals surface area (Å²) in [5.41, 5.74) is 0.772. The molecule has 0 bridgehead atoms. The molecule has 0 spiro atoms. The van der Waals surface area contributed by atoms with Crippen LogP contribution in [0.25, 0.3) is 0 Å². The molecule has 2 heterocycles. The van der Waals surface area contributed by atoms with Crippen LogP contribution in [0.3, 0.4) is 0 Å². The first-order valence-electron chi connectivity index (χ1n) is 7.30. The summed E-state index contributed by atoms with van der Waals surface area (Å²) in [6.45, 7) is 5.46. The molecule has 0 saturated carbocycles. The average molecular weight is 343 g/mol. The van der Waals surface area contributed by atoms with Gasteiger partial charge in [0.1, 0.15) is 5.69 Å². The molecule has 1 aliphatic rings. The minimum Gasteiger partial charge on any atom is -0.381 e. The average Bonchev–Trinajstić information content (AvgIpc) is 2.80. The molecule has 112 valence electrons. The number of ether oxygens (including phenoxy) is 1. The summed E-state index contributed by atoms with van der Waals surface area (Å²) in [6, 6.07) is 1.92. The van der Waals surface area contributed by atoms with Gasteiger partial charge in [-0.15, -0.1) is 0 Å². The van der Waals surface area contributed by atoms with E-state index < -0.39 is 0 Å². The summed E-state index contributed by atoms with van der Waals surface area (Å²) in [7, 11) is 1.90. The van der Waals surface area contributed by atoms with Crippen molar-refractivity contribution in [1.29, 1.82) is 0 Å². The second kappa shape index (κ2) is 7.27. The number of nitrogens with zero attached hydrogens (tertiary/aromatic N) is 2. The van der Waals surface area contributed by atoms with Gasteiger partial charge in [-0.3, -0.25) is 4.79 Å². The van der Waals surface area contributed by atoms with Gasteiger partial charge in [-0.2, -0.15) is 0 Å². The molecule has 1 amide bonds. The summed E-state index contributed by atoms with van der Waals surface area (Å²) in [5, 5.41) is 0. The Morgan fingerprint density at radius 1 is 1.50 bits per heavy atom. The fourth-order valence-electron chi connectivity index (χ4n) is 2.67. The minimum atomic E-state index is 0.107. The maximum Gasteiger partial charge on any atom is 0.270 e. The van der Waals surface area contributed by atoms with Crippen LogP contribution in [0.15, 0.2) is 16.7 Å². The van der Waals surface area contributed by atoms with Gasteiger partial charge in [0.25, 0.3) is 5.91 Å². The Morgan fingerprint density at radius 2 is 2.20 bits per heavy atom. The number of rotatable bonds is 5. The largest absolute Gasteiger partial charge is 0.381 e. The first-order valence-corrected chi connectivity index (χ1v) is 8.10. The first kappa shape index (κ1) is 15.6. The fraction of sp³-hybridized carbons (Fsp3) is 0.667. The van der Waals surface area contributed by atoms with Crippen LogP contribution in [0.2, 0.25) is 0 Å². The molecule has 0 unspecified atom stereocenters. The van der Waals surface area contributed by atoms with Crippen LogP contribution in [0.4, 0.5) is 0 Å². The van der Waals surface area contributed by atoms with Gasteiger partial charge < -0.3 is 14.2 Å². The molecule has 2 rings (SSSR count). The van der Waals surface area contributed by atoms with E-state index in [1.165, 1.54) is 0 Å². The van der Waals surface area contributed by atoms with E-state index in [1.807, 2.05) is 28.8 Å².